The van der Waals surface area contributed by atoms with Crippen molar-refractivity contribution < 1.29 is 0 Å². The molecule has 1 N–H and O–H groups in total. The monoisotopic (exact) mass is 238 g/mol. The average molecular weight is 238 g/mol. The molecule has 4 nitrogen and oxygen atoms in total. The van der Waals surface area contributed by atoms with E-state index in [0.29, 0.717) is 11.5 Å². The van der Waals surface area contributed by atoms with E-state index in [-0.39, 0.29) is 0 Å². The smallest absolute Gasteiger partial charge is 0.138 e. The first-order valence-corrected chi connectivity index (χ1v) is 6.53. The fourth-order valence-electron chi connectivity index (χ4n) is 2.22. The molecular weight excluding hydrogens is 212 g/mol. The molecule has 1 unspecified atom stereocenters. The summed E-state index contributed by atoms with van der Waals surface area (Å²) in [6, 6.07) is 0.556. The zero-order valence-electron chi connectivity index (χ0n) is 11.8. The molecule has 4 heteroatoms. The maximum atomic E-state index is 4.30. The Hall–Kier alpha value is -0.900. The molecule has 0 radical (unpaired) electrons. The van der Waals surface area contributed by atoms with Gasteiger partial charge in [-0.3, -0.25) is 4.68 Å². The maximum Gasteiger partial charge on any atom is 0.138 e. The molecule has 0 amide bonds. The molecule has 1 aromatic heterocycles. The Morgan fingerprint density at radius 2 is 2.12 bits per heavy atom. The molecule has 1 heterocycles. The summed E-state index contributed by atoms with van der Waals surface area (Å²) in [5.41, 5.74) is 0.313. The average Bonchev–Trinajstić information content (AvgIpc) is 2.69. The van der Waals surface area contributed by atoms with Gasteiger partial charge in [0.05, 0.1) is 0 Å². The third-order valence-corrected chi connectivity index (χ3v) is 3.28. The highest BCUT2D eigenvalue weighted by Gasteiger charge is 2.22. The van der Waals surface area contributed by atoms with E-state index in [1.807, 2.05) is 11.7 Å². The number of aryl methyl sites for hydroxylation is 2. The molecule has 0 saturated carbocycles. The van der Waals surface area contributed by atoms with Crippen LogP contribution in [-0.4, -0.2) is 27.9 Å². The third kappa shape index (κ3) is 4.11. The molecule has 0 aromatic carbocycles. The van der Waals surface area contributed by atoms with Crippen LogP contribution < -0.4 is 5.32 Å². The van der Waals surface area contributed by atoms with E-state index >= 15 is 0 Å². The lowest BCUT2D eigenvalue weighted by molar-refractivity contribution is 0.263. The summed E-state index contributed by atoms with van der Waals surface area (Å²) in [5, 5.41) is 7.60. The van der Waals surface area contributed by atoms with Gasteiger partial charge in [0.25, 0.3) is 0 Å². The predicted molar refractivity (Wildman–Crippen MR) is 70.9 cm³/mol. The number of aromatic nitrogens is 3. The van der Waals surface area contributed by atoms with Gasteiger partial charge in [-0.1, -0.05) is 20.8 Å². The van der Waals surface area contributed by atoms with Gasteiger partial charge in [-0.25, -0.2) is 4.98 Å². The number of hydrogen-bond acceptors (Lipinski definition) is 3. The van der Waals surface area contributed by atoms with Gasteiger partial charge in [0, 0.05) is 19.0 Å². The zero-order valence-corrected chi connectivity index (χ0v) is 11.8. The van der Waals surface area contributed by atoms with E-state index in [0.717, 1.165) is 25.2 Å². The summed E-state index contributed by atoms with van der Waals surface area (Å²) in [7, 11) is 2.05. The van der Waals surface area contributed by atoms with Crippen molar-refractivity contribution in [3.63, 3.8) is 0 Å². The molecule has 0 spiro atoms. The van der Waals surface area contributed by atoms with Gasteiger partial charge in [0.2, 0.25) is 0 Å². The Balaban J connectivity index is 2.42. The van der Waals surface area contributed by atoms with Crippen LogP contribution in [0.25, 0.3) is 0 Å². The molecule has 1 atom stereocenters. The Morgan fingerprint density at radius 3 is 2.65 bits per heavy atom. The third-order valence-electron chi connectivity index (χ3n) is 3.28. The Kier molecular flexibility index (Phi) is 5.12. The molecule has 1 aromatic rings. The van der Waals surface area contributed by atoms with Crippen LogP contribution in [0.4, 0.5) is 0 Å². The lowest BCUT2D eigenvalue weighted by atomic mass is 9.84. The molecule has 0 aliphatic heterocycles. The fraction of sp³-hybridized carbons (Fsp3) is 0.846. The van der Waals surface area contributed by atoms with Gasteiger partial charge < -0.3 is 5.32 Å². The molecule has 0 aliphatic carbocycles. The summed E-state index contributed by atoms with van der Waals surface area (Å²) in [4.78, 5) is 4.30. The molecule has 0 fully saturated rings. The van der Waals surface area contributed by atoms with Crippen LogP contribution >= 0.6 is 0 Å². The summed E-state index contributed by atoms with van der Waals surface area (Å²) in [6.07, 6.45) is 5.00. The summed E-state index contributed by atoms with van der Waals surface area (Å²) in [5.74, 6) is 1.11. The molecule has 0 aliphatic rings. The lowest BCUT2D eigenvalue weighted by Gasteiger charge is -2.30. The molecule has 98 valence electrons. The Labute approximate surface area is 105 Å². The van der Waals surface area contributed by atoms with Gasteiger partial charge in [-0.15, -0.1) is 0 Å². The number of nitrogens with zero attached hydrogens (tertiary/aromatic N) is 3. The first-order valence-electron chi connectivity index (χ1n) is 6.53. The van der Waals surface area contributed by atoms with Crippen LogP contribution in [0.15, 0.2) is 6.33 Å². The van der Waals surface area contributed by atoms with Crippen molar-refractivity contribution >= 4 is 0 Å². The van der Waals surface area contributed by atoms with Gasteiger partial charge >= 0.3 is 0 Å². The van der Waals surface area contributed by atoms with Crippen LogP contribution in [0.5, 0.6) is 0 Å². The van der Waals surface area contributed by atoms with Crippen LogP contribution in [0, 0.1) is 5.41 Å². The van der Waals surface area contributed by atoms with E-state index in [1.54, 1.807) is 6.33 Å². The predicted octanol–water partition coefficient (Wildman–Crippen LogP) is 2.25. The standard InChI is InChI=1S/C13H26N4/c1-6-17-12(15-10-16-17)9-7-8-11(14-5)13(2,3)4/h10-11,14H,6-9H2,1-5H3. The van der Waals surface area contributed by atoms with Crippen LogP contribution in [-0.2, 0) is 13.0 Å². The summed E-state index contributed by atoms with van der Waals surface area (Å²) >= 11 is 0. The van der Waals surface area contributed by atoms with E-state index in [4.69, 9.17) is 0 Å². The van der Waals surface area contributed by atoms with Crippen LogP contribution in [0.1, 0.15) is 46.4 Å². The van der Waals surface area contributed by atoms with E-state index in [9.17, 15) is 0 Å². The van der Waals surface area contributed by atoms with Crippen molar-refractivity contribution in [2.75, 3.05) is 7.05 Å². The maximum absolute atomic E-state index is 4.30. The first-order chi connectivity index (χ1) is 7.99. The van der Waals surface area contributed by atoms with E-state index in [1.165, 1.54) is 6.42 Å². The normalized spacial score (nSPS) is 13.9. The van der Waals surface area contributed by atoms with Crippen molar-refractivity contribution in [3.05, 3.63) is 12.2 Å². The number of rotatable bonds is 6. The molecule has 0 bridgehead atoms. The number of nitrogens with one attached hydrogen (secondary N) is 1. The zero-order chi connectivity index (χ0) is 12.9. The molecule has 0 saturated heterocycles. The van der Waals surface area contributed by atoms with Crippen molar-refractivity contribution in [2.45, 2.75) is 59.5 Å². The first kappa shape index (κ1) is 14.2. The van der Waals surface area contributed by atoms with E-state index in [2.05, 4.69) is 43.1 Å². The van der Waals surface area contributed by atoms with Gasteiger partial charge in [0.1, 0.15) is 12.2 Å². The molecule has 1 rings (SSSR count). The van der Waals surface area contributed by atoms with Crippen molar-refractivity contribution in [1.29, 1.82) is 0 Å². The Bertz CT molecular complexity index is 324. The second kappa shape index (κ2) is 6.15. The molecule has 17 heavy (non-hydrogen) atoms. The van der Waals surface area contributed by atoms with E-state index < -0.39 is 0 Å². The SMILES string of the molecule is CCn1ncnc1CCCC(NC)C(C)(C)C. The highest BCUT2D eigenvalue weighted by atomic mass is 15.3. The van der Waals surface area contributed by atoms with Gasteiger partial charge in [-0.05, 0) is 32.2 Å². The summed E-state index contributed by atoms with van der Waals surface area (Å²) in [6.45, 7) is 9.85. The highest BCUT2D eigenvalue weighted by Crippen LogP contribution is 2.23. The van der Waals surface area contributed by atoms with Crippen molar-refractivity contribution in [2.24, 2.45) is 5.41 Å². The minimum atomic E-state index is 0.313. The second-order valence-electron chi connectivity index (χ2n) is 5.59. The van der Waals surface area contributed by atoms with Crippen LogP contribution in [0.2, 0.25) is 0 Å². The topological polar surface area (TPSA) is 42.7 Å². The minimum Gasteiger partial charge on any atom is -0.316 e. The van der Waals surface area contributed by atoms with Crippen LogP contribution in [0.3, 0.4) is 0 Å². The molecular formula is C13H26N4. The quantitative estimate of drug-likeness (QED) is 0.826. The van der Waals surface area contributed by atoms with Gasteiger partial charge in [-0.2, -0.15) is 5.10 Å². The Morgan fingerprint density at radius 1 is 1.41 bits per heavy atom. The fourth-order valence-corrected chi connectivity index (χ4v) is 2.22. The van der Waals surface area contributed by atoms with Gasteiger partial charge in [0.15, 0.2) is 0 Å². The second-order valence-corrected chi connectivity index (χ2v) is 5.59. The van der Waals surface area contributed by atoms with Crippen molar-refractivity contribution in [1.82, 2.24) is 20.1 Å². The largest absolute Gasteiger partial charge is 0.316 e. The minimum absolute atomic E-state index is 0.313. The summed E-state index contributed by atoms with van der Waals surface area (Å²) < 4.78 is 1.98. The van der Waals surface area contributed by atoms with Crippen molar-refractivity contribution in [3.8, 4) is 0 Å². The number of hydrogen-bond donors (Lipinski definition) is 1. The lowest BCUT2D eigenvalue weighted by Crippen LogP contribution is -2.38. The highest BCUT2D eigenvalue weighted by molar-refractivity contribution is 4.86.